The van der Waals surface area contributed by atoms with Crippen LogP contribution >= 0.6 is 0 Å². The highest BCUT2D eigenvalue weighted by molar-refractivity contribution is 5.81. The van der Waals surface area contributed by atoms with E-state index in [1.165, 1.54) is 32.1 Å². The third kappa shape index (κ3) is 6.28. The van der Waals surface area contributed by atoms with Gasteiger partial charge in [-0.05, 0) is 59.3 Å². The first-order valence-corrected chi connectivity index (χ1v) is 10.9. The molecule has 2 atom stereocenters. The van der Waals surface area contributed by atoms with Crippen LogP contribution in [-0.4, -0.2) is 34.5 Å². The van der Waals surface area contributed by atoms with Gasteiger partial charge >= 0.3 is 6.09 Å². The Morgan fingerprint density at radius 3 is 2.12 bits per heavy atom. The number of unbranched alkanes of at least 4 members (excludes halogenated alkanes) is 5. The lowest BCUT2D eigenvalue weighted by atomic mass is 9.76. The van der Waals surface area contributed by atoms with Crippen molar-refractivity contribution in [2.75, 3.05) is 0 Å². The van der Waals surface area contributed by atoms with E-state index in [4.69, 9.17) is 4.74 Å². The smallest absolute Gasteiger partial charge is 0.410 e. The van der Waals surface area contributed by atoms with Crippen LogP contribution in [0.1, 0.15) is 105 Å². The van der Waals surface area contributed by atoms with Crippen molar-refractivity contribution in [3.63, 3.8) is 0 Å². The van der Waals surface area contributed by atoms with Gasteiger partial charge in [0.05, 0.1) is 0 Å². The molecule has 0 spiro atoms. The van der Waals surface area contributed by atoms with Crippen molar-refractivity contribution in [3.05, 3.63) is 0 Å². The van der Waals surface area contributed by atoms with Crippen LogP contribution in [0.2, 0.25) is 0 Å². The molecule has 4 heteroatoms. The first-order valence-electron chi connectivity index (χ1n) is 10.9. The summed E-state index contributed by atoms with van der Waals surface area (Å²) < 4.78 is 5.62. The van der Waals surface area contributed by atoms with Gasteiger partial charge in [0, 0.05) is 24.4 Å². The molecule has 0 aromatic rings. The van der Waals surface area contributed by atoms with Crippen LogP contribution in [0.5, 0.6) is 0 Å². The second kappa shape index (κ2) is 9.75. The highest BCUT2D eigenvalue weighted by Crippen LogP contribution is 2.38. The fourth-order valence-corrected chi connectivity index (χ4v) is 4.54. The molecule has 2 heterocycles. The van der Waals surface area contributed by atoms with E-state index in [0.29, 0.717) is 5.78 Å². The second-order valence-electron chi connectivity index (χ2n) is 9.28. The number of hydrogen-bond donors (Lipinski definition) is 0. The van der Waals surface area contributed by atoms with Gasteiger partial charge in [-0.25, -0.2) is 4.79 Å². The number of hydrogen-bond acceptors (Lipinski definition) is 3. The standard InChI is InChI=1S/C22H39NO3/c1-5-6-7-8-9-10-14-20(24)17-15-18-12-11-13-19(16-17)23(18)21(25)26-22(2,3)4/h17-19H,5-16H2,1-4H3. The predicted octanol–water partition coefficient (Wildman–Crippen LogP) is 5.87. The number of amides is 1. The van der Waals surface area contributed by atoms with E-state index in [1.54, 1.807) is 0 Å². The number of nitrogens with zero attached hydrogens (tertiary/aromatic N) is 1. The van der Waals surface area contributed by atoms with Gasteiger partial charge in [-0.1, -0.05) is 39.0 Å². The van der Waals surface area contributed by atoms with Crippen molar-refractivity contribution < 1.29 is 14.3 Å². The van der Waals surface area contributed by atoms with Crippen LogP contribution in [0.25, 0.3) is 0 Å². The molecule has 0 aromatic carbocycles. The molecule has 0 saturated carbocycles. The number of piperidine rings is 2. The fourth-order valence-electron chi connectivity index (χ4n) is 4.54. The van der Waals surface area contributed by atoms with Crippen LogP contribution in [0.15, 0.2) is 0 Å². The first-order chi connectivity index (χ1) is 12.3. The minimum atomic E-state index is -0.462. The van der Waals surface area contributed by atoms with Crippen LogP contribution in [-0.2, 0) is 9.53 Å². The number of carbonyl (C=O) groups excluding carboxylic acids is 2. The van der Waals surface area contributed by atoms with Gasteiger partial charge in [0.1, 0.15) is 11.4 Å². The minimum absolute atomic E-state index is 0.152. The van der Waals surface area contributed by atoms with Gasteiger partial charge in [-0.2, -0.15) is 0 Å². The molecule has 0 N–H and O–H groups in total. The molecule has 150 valence electrons. The molecule has 2 bridgehead atoms. The third-order valence-corrected chi connectivity index (χ3v) is 5.81. The van der Waals surface area contributed by atoms with Crippen molar-refractivity contribution in [2.24, 2.45) is 5.92 Å². The van der Waals surface area contributed by atoms with Crippen LogP contribution in [0.4, 0.5) is 4.79 Å². The van der Waals surface area contributed by atoms with Crippen molar-refractivity contribution in [2.45, 2.75) is 122 Å². The summed E-state index contributed by atoms with van der Waals surface area (Å²) in [6.45, 7) is 7.97. The molecule has 2 aliphatic rings. The lowest BCUT2D eigenvalue weighted by Gasteiger charge is -2.48. The number of Topliss-reactive ketones (excluding diaryl/α,β-unsaturated/α-hetero) is 1. The minimum Gasteiger partial charge on any atom is -0.444 e. The molecule has 2 unspecified atom stereocenters. The Bertz CT molecular complexity index is 454. The number of fused-ring (bicyclic) bond motifs is 2. The van der Waals surface area contributed by atoms with Crippen molar-refractivity contribution in [3.8, 4) is 0 Å². The average Bonchev–Trinajstić information content (AvgIpc) is 2.55. The van der Waals surface area contributed by atoms with E-state index >= 15 is 0 Å². The summed E-state index contributed by atoms with van der Waals surface area (Å²) in [5.74, 6) is 0.584. The molecule has 0 aliphatic carbocycles. The van der Waals surface area contributed by atoms with E-state index in [9.17, 15) is 9.59 Å². The third-order valence-electron chi connectivity index (χ3n) is 5.81. The fraction of sp³-hybridized carbons (Fsp3) is 0.909. The molecule has 4 nitrogen and oxygen atoms in total. The summed E-state index contributed by atoms with van der Waals surface area (Å²) in [5, 5.41) is 0. The Morgan fingerprint density at radius 2 is 1.54 bits per heavy atom. The second-order valence-corrected chi connectivity index (χ2v) is 9.28. The Balaban J connectivity index is 1.82. The van der Waals surface area contributed by atoms with E-state index in [0.717, 1.165) is 44.9 Å². The number of ketones is 1. The van der Waals surface area contributed by atoms with Gasteiger partial charge in [0.25, 0.3) is 0 Å². The predicted molar refractivity (Wildman–Crippen MR) is 105 cm³/mol. The van der Waals surface area contributed by atoms with E-state index in [1.807, 2.05) is 25.7 Å². The highest BCUT2D eigenvalue weighted by Gasteiger charge is 2.44. The first kappa shape index (κ1) is 21.2. The molecule has 1 amide bonds. The topological polar surface area (TPSA) is 46.6 Å². The lowest BCUT2D eigenvalue weighted by molar-refractivity contribution is -0.127. The normalized spacial score (nSPS) is 25.8. The van der Waals surface area contributed by atoms with Gasteiger partial charge in [0.2, 0.25) is 0 Å². The molecule has 0 radical (unpaired) electrons. The van der Waals surface area contributed by atoms with Gasteiger partial charge in [0.15, 0.2) is 0 Å². The molecule has 26 heavy (non-hydrogen) atoms. The summed E-state index contributed by atoms with van der Waals surface area (Å²) >= 11 is 0. The molecule has 2 aliphatic heterocycles. The van der Waals surface area contributed by atoms with E-state index in [-0.39, 0.29) is 24.1 Å². The van der Waals surface area contributed by atoms with Crippen LogP contribution < -0.4 is 0 Å². The maximum absolute atomic E-state index is 12.7. The quantitative estimate of drug-likeness (QED) is 0.505. The van der Waals surface area contributed by atoms with E-state index in [2.05, 4.69) is 6.92 Å². The molecule has 2 saturated heterocycles. The average molecular weight is 366 g/mol. The summed E-state index contributed by atoms with van der Waals surface area (Å²) in [7, 11) is 0. The van der Waals surface area contributed by atoms with Crippen molar-refractivity contribution in [1.29, 1.82) is 0 Å². The number of rotatable bonds is 8. The van der Waals surface area contributed by atoms with Gasteiger partial charge in [-0.3, -0.25) is 4.79 Å². The lowest BCUT2D eigenvalue weighted by Crippen LogP contribution is -2.56. The highest BCUT2D eigenvalue weighted by atomic mass is 16.6. The molecular weight excluding hydrogens is 326 g/mol. The van der Waals surface area contributed by atoms with Crippen molar-refractivity contribution in [1.82, 2.24) is 4.90 Å². The summed E-state index contributed by atoms with van der Waals surface area (Å²) in [4.78, 5) is 27.3. The zero-order valence-electron chi connectivity index (χ0n) is 17.4. The van der Waals surface area contributed by atoms with Crippen LogP contribution in [0.3, 0.4) is 0 Å². The zero-order valence-corrected chi connectivity index (χ0v) is 17.4. The largest absolute Gasteiger partial charge is 0.444 e. The summed E-state index contributed by atoms with van der Waals surface area (Å²) in [6, 6.07) is 0.381. The molecule has 0 aromatic heterocycles. The Kier molecular flexibility index (Phi) is 7.97. The zero-order chi connectivity index (χ0) is 19.2. The number of carbonyl (C=O) groups is 2. The molecule has 2 fully saturated rings. The van der Waals surface area contributed by atoms with Crippen molar-refractivity contribution >= 4 is 11.9 Å². The van der Waals surface area contributed by atoms with E-state index < -0.39 is 5.60 Å². The maximum Gasteiger partial charge on any atom is 0.410 e. The van der Waals surface area contributed by atoms with Gasteiger partial charge in [-0.15, -0.1) is 0 Å². The molecular formula is C22H39NO3. The molecule has 2 rings (SSSR count). The maximum atomic E-state index is 12.7. The summed E-state index contributed by atoms with van der Waals surface area (Å²) in [6.07, 6.45) is 12.7. The number of ether oxygens (including phenoxy) is 1. The Labute approximate surface area is 160 Å². The van der Waals surface area contributed by atoms with Gasteiger partial charge < -0.3 is 9.64 Å². The summed E-state index contributed by atoms with van der Waals surface area (Å²) in [5.41, 5.74) is -0.462. The Morgan fingerprint density at radius 1 is 0.962 bits per heavy atom. The Hall–Kier alpha value is -1.06. The monoisotopic (exact) mass is 365 g/mol. The van der Waals surface area contributed by atoms with Crippen LogP contribution in [0, 0.1) is 5.92 Å². The SMILES string of the molecule is CCCCCCCCC(=O)C1CC2CCCC(C1)N2C(=O)OC(C)(C)C.